The molecule has 0 fully saturated rings. The van der Waals surface area contributed by atoms with E-state index >= 15 is 0 Å². The first-order chi connectivity index (χ1) is 7.39. The van der Waals surface area contributed by atoms with Crippen molar-refractivity contribution in [3.63, 3.8) is 0 Å². The monoisotopic (exact) mass is 309 g/mol. The van der Waals surface area contributed by atoms with Gasteiger partial charge in [0.05, 0.1) is 6.20 Å². The Balaban J connectivity index is 3.08. The molecule has 5 nitrogen and oxygen atoms in total. The van der Waals surface area contributed by atoms with Crippen LogP contribution in [-0.4, -0.2) is 40.4 Å². The summed E-state index contributed by atoms with van der Waals surface area (Å²) in [4.78, 5) is 0.240. The lowest BCUT2D eigenvalue weighted by Gasteiger charge is -2.24. The highest BCUT2D eigenvalue weighted by Gasteiger charge is 2.27. The molecule has 0 aromatic carbocycles. The van der Waals surface area contributed by atoms with Crippen LogP contribution in [-0.2, 0) is 17.1 Å². The topological polar surface area (TPSA) is 55.2 Å². The zero-order chi connectivity index (χ0) is 12.3. The van der Waals surface area contributed by atoms with Crippen LogP contribution < -0.4 is 0 Å². The van der Waals surface area contributed by atoms with Crippen LogP contribution in [0.15, 0.2) is 17.3 Å². The fourth-order valence-electron chi connectivity index (χ4n) is 1.41. The molecular weight excluding hydrogens is 294 g/mol. The van der Waals surface area contributed by atoms with Crippen molar-refractivity contribution in [2.24, 2.45) is 7.05 Å². The van der Waals surface area contributed by atoms with Crippen molar-refractivity contribution in [1.29, 1.82) is 0 Å². The molecule has 1 heterocycles. The largest absolute Gasteiger partial charge is 0.274 e. The number of halogens is 1. The van der Waals surface area contributed by atoms with Crippen molar-refractivity contribution in [2.75, 3.05) is 11.9 Å². The molecule has 92 valence electrons. The van der Waals surface area contributed by atoms with Gasteiger partial charge in [0.25, 0.3) is 0 Å². The zero-order valence-electron chi connectivity index (χ0n) is 9.59. The van der Waals surface area contributed by atoms with Crippen LogP contribution in [0, 0.1) is 0 Å². The highest BCUT2D eigenvalue weighted by molar-refractivity contribution is 9.09. The normalized spacial score (nSPS) is 12.6. The van der Waals surface area contributed by atoms with Crippen molar-refractivity contribution in [3.8, 4) is 0 Å². The zero-order valence-corrected chi connectivity index (χ0v) is 12.0. The Labute approximate surface area is 105 Å². The van der Waals surface area contributed by atoms with Gasteiger partial charge in [-0.25, -0.2) is 8.42 Å². The van der Waals surface area contributed by atoms with Gasteiger partial charge in [0, 0.05) is 31.2 Å². The number of aryl methyl sites for hydroxylation is 1. The molecule has 0 aliphatic heterocycles. The lowest BCUT2D eigenvalue weighted by molar-refractivity contribution is 0.372. The van der Waals surface area contributed by atoms with Crippen LogP contribution in [0.4, 0.5) is 0 Å². The molecule has 0 aliphatic carbocycles. The molecule has 0 atom stereocenters. The van der Waals surface area contributed by atoms with Gasteiger partial charge in [-0.2, -0.15) is 9.40 Å². The summed E-state index contributed by atoms with van der Waals surface area (Å²) in [5.74, 6) is 0. The Morgan fingerprint density at radius 3 is 2.56 bits per heavy atom. The van der Waals surface area contributed by atoms with Crippen LogP contribution >= 0.6 is 15.9 Å². The smallest absolute Gasteiger partial charge is 0.246 e. The van der Waals surface area contributed by atoms with Gasteiger partial charge in [-0.05, 0) is 13.8 Å². The molecule has 1 aromatic rings. The number of rotatable bonds is 5. The summed E-state index contributed by atoms with van der Waals surface area (Å²) in [7, 11) is -1.72. The van der Waals surface area contributed by atoms with Crippen LogP contribution in [0.2, 0.25) is 0 Å². The minimum Gasteiger partial charge on any atom is -0.274 e. The second-order valence-electron chi connectivity index (χ2n) is 3.75. The third-order valence-corrected chi connectivity index (χ3v) is 4.55. The van der Waals surface area contributed by atoms with E-state index in [0.29, 0.717) is 11.9 Å². The van der Waals surface area contributed by atoms with E-state index in [4.69, 9.17) is 0 Å². The minimum atomic E-state index is -3.42. The average molecular weight is 310 g/mol. The fraction of sp³-hybridized carbons (Fsp3) is 0.667. The summed E-state index contributed by atoms with van der Waals surface area (Å²) in [5, 5.41) is 4.50. The Morgan fingerprint density at radius 2 is 2.19 bits per heavy atom. The van der Waals surface area contributed by atoms with Gasteiger partial charge in [0.15, 0.2) is 0 Å². The van der Waals surface area contributed by atoms with Crippen molar-refractivity contribution in [3.05, 3.63) is 12.4 Å². The van der Waals surface area contributed by atoms with Gasteiger partial charge in [0.2, 0.25) is 10.0 Å². The predicted octanol–water partition coefficient (Wildman–Crippen LogP) is 1.21. The average Bonchev–Trinajstić information content (AvgIpc) is 2.61. The SMILES string of the molecule is CC(C)N(CCBr)S(=O)(=O)c1cnn(C)c1. The molecule has 0 amide bonds. The molecule has 0 unspecified atom stereocenters. The third kappa shape index (κ3) is 2.83. The van der Waals surface area contributed by atoms with E-state index < -0.39 is 10.0 Å². The molecule has 0 bridgehead atoms. The first-order valence-electron chi connectivity index (χ1n) is 4.96. The second kappa shape index (κ2) is 5.29. The molecule has 7 heteroatoms. The van der Waals surface area contributed by atoms with E-state index in [-0.39, 0.29) is 10.9 Å². The third-order valence-electron chi connectivity index (χ3n) is 2.17. The number of alkyl halides is 1. The highest BCUT2D eigenvalue weighted by Crippen LogP contribution is 2.17. The van der Waals surface area contributed by atoms with E-state index in [9.17, 15) is 8.42 Å². The number of nitrogens with zero attached hydrogens (tertiary/aromatic N) is 3. The maximum atomic E-state index is 12.2. The summed E-state index contributed by atoms with van der Waals surface area (Å²) in [6.45, 7) is 4.17. The Hall–Kier alpha value is -0.400. The van der Waals surface area contributed by atoms with Crippen molar-refractivity contribution >= 4 is 26.0 Å². The second-order valence-corrected chi connectivity index (χ2v) is 6.43. The molecular formula is C9H16BrN3O2S. The highest BCUT2D eigenvalue weighted by atomic mass is 79.9. The van der Waals surface area contributed by atoms with E-state index in [1.54, 1.807) is 7.05 Å². The Morgan fingerprint density at radius 1 is 1.56 bits per heavy atom. The molecule has 0 saturated heterocycles. The van der Waals surface area contributed by atoms with Gasteiger partial charge in [-0.1, -0.05) is 15.9 Å². The fourth-order valence-corrected chi connectivity index (χ4v) is 3.65. The lowest BCUT2D eigenvalue weighted by atomic mass is 10.4. The van der Waals surface area contributed by atoms with Gasteiger partial charge in [0.1, 0.15) is 4.90 Å². The summed E-state index contributed by atoms with van der Waals surface area (Å²) in [6.07, 6.45) is 2.89. The van der Waals surface area contributed by atoms with Gasteiger partial charge in [-0.15, -0.1) is 0 Å². The molecule has 16 heavy (non-hydrogen) atoms. The van der Waals surface area contributed by atoms with E-state index in [2.05, 4.69) is 21.0 Å². The van der Waals surface area contributed by atoms with Gasteiger partial charge < -0.3 is 0 Å². The molecule has 0 saturated carbocycles. The quantitative estimate of drug-likeness (QED) is 0.768. The van der Waals surface area contributed by atoms with E-state index in [1.165, 1.54) is 21.4 Å². The molecule has 1 aromatic heterocycles. The maximum Gasteiger partial charge on any atom is 0.246 e. The molecule has 1 rings (SSSR count). The van der Waals surface area contributed by atoms with Crippen molar-refractivity contribution < 1.29 is 8.42 Å². The van der Waals surface area contributed by atoms with Gasteiger partial charge in [-0.3, -0.25) is 4.68 Å². The molecule has 0 spiro atoms. The number of hydrogen-bond donors (Lipinski definition) is 0. The number of sulfonamides is 1. The maximum absolute atomic E-state index is 12.2. The Bertz CT molecular complexity index is 441. The molecule has 0 aliphatic rings. The summed E-state index contributed by atoms with van der Waals surface area (Å²) in [6, 6.07) is -0.0669. The summed E-state index contributed by atoms with van der Waals surface area (Å²) >= 11 is 3.26. The first kappa shape index (κ1) is 13.7. The first-order valence-corrected chi connectivity index (χ1v) is 7.52. The number of hydrogen-bond acceptors (Lipinski definition) is 3. The molecule has 0 N–H and O–H groups in total. The van der Waals surface area contributed by atoms with Crippen molar-refractivity contribution in [1.82, 2.24) is 14.1 Å². The van der Waals surface area contributed by atoms with Crippen LogP contribution in [0.25, 0.3) is 0 Å². The minimum absolute atomic E-state index is 0.0669. The van der Waals surface area contributed by atoms with Gasteiger partial charge >= 0.3 is 0 Å². The van der Waals surface area contributed by atoms with E-state index in [0.717, 1.165) is 0 Å². The summed E-state index contributed by atoms with van der Waals surface area (Å²) in [5.41, 5.74) is 0. The van der Waals surface area contributed by atoms with Crippen LogP contribution in [0.1, 0.15) is 13.8 Å². The lowest BCUT2D eigenvalue weighted by Crippen LogP contribution is -2.38. The Kier molecular flexibility index (Phi) is 4.52. The van der Waals surface area contributed by atoms with Crippen molar-refractivity contribution in [2.45, 2.75) is 24.8 Å². The summed E-state index contributed by atoms with van der Waals surface area (Å²) < 4.78 is 27.4. The van der Waals surface area contributed by atoms with Crippen LogP contribution in [0.3, 0.4) is 0 Å². The predicted molar refractivity (Wildman–Crippen MR) is 66.0 cm³/mol. The van der Waals surface area contributed by atoms with E-state index in [1.807, 2.05) is 13.8 Å². The van der Waals surface area contributed by atoms with Crippen LogP contribution in [0.5, 0.6) is 0 Å². The standard InChI is InChI=1S/C9H16BrN3O2S/c1-8(2)13(5-4-10)16(14,15)9-6-11-12(3)7-9/h6-8H,4-5H2,1-3H3. The number of aromatic nitrogens is 2. The molecule has 0 radical (unpaired) electrons.